The van der Waals surface area contributed by atoms with Crippen molar-refractivity contribution in [1.29, 1.82) is 0 Å². The molecule has 2 heterocycles. The molecule has 0 fully saturated rings. The molecule has 0 bridgehead atoms. The number of fused-ring (bicyclic) bond motifs is 1. The fourth-order valence-corrected chi connectivity index (χ4v) is 1.98. The second kappa shape index (κ2) is 4.81. The Morgan fingerprint density at radius 1 is 1.50 bits per heavy atom. The summed E-state index contributed by atoms with van der Waals surface area (Å²) in [7, 11) is 3.43. The minimum atomic E-state index is 0.0291. The number of carbonyl (C=O) groups excluding carboxylic acids is 1. The zero-order valence-electron chi connectivity index (χ0n) is 10.2. The van der Waals surface area contributed by atoms with Crippen molar-refractivity contribution in [2.45, 2.75) is 13.0 Å². The molecule has 0 radical (unpaired) electrons. The summed E-state index contributed by atoms with van der Waals surface area (Å²) in [5.74, 6) is 0.368. The Morgan fingerprint density at radius 2 is 2.22 bits per heavy atom. The number of hydrogen-bond acceptors (Lipinski definition) is 4. The number of rotatable bonds is 3. The molecule has 0 spiro atoms. The summed E-state index contributed by atoms with van der Waals surface area (Å²) in [5, 5.41) is 0.481. The summed E-state index contributed by atoms with van der Waals surface area (Å²) in [5.41, 5.74) is 7.18. The zero-order valence-corrected chi connectivity index (χ0v) is 11.0. The first kappa shape index (κ1) is 12.6. The predicted octanol–water partition coefficient (Wildman–Crippen LogP) is 1.15. The Hall–Kier alpha value is -1.82. The fourth-order valence-electron chi connectivity index (χ4n) is 1.72. The highest BCUT2D eigenvalue weighted by molar-refractivity contribution is 6.34. The Labute approximate surface area is 109 Å². The van der Waals surface area contributed by atoms with Crippen molar-refractivity contribution in [3.8, 4) is 0 Å². The summed E-state index contributed by atoms with van der Waals surface area (Å²) < 4.78 is 1.74. The molecule has 2 N–H and O–H groups in total. The maximum atomic E-state index is 11.6. The number of anilines is 1. The van der Waals surface area contributed by atoms with Crippen LogP contribution < -0.4 is 5.73 Å². The van der Waals surface area contributed by atoms with Crippen LogP contribution in [0.4, 0.5) is 5.95 Å². The molecule has 7 heteroatoms. The van der Waals surface area contributed by atoms with Crippen LogP contribution in [0.25, 0.3) is 11.0 Å². The van der Waals surface area contributed by atoms with E-state index in [1.165, 1.54) is 6.20 Å². The molecule has 18 heavy (non-hydrogen) atoms. The van der Waals surface area contributed by atoms with E-state index in [0.29, 0.717) is 29.5 Å². The van der Waals surface area contributed by atoms with Gasteiger partial charge in [-0.05, 0) is 0 Å². The Bertz CT molecular complexity index is 592. The monoisotopic (exact) mass is 267 g/mol. The van der Waals surface area contributed by atoms with Crippen molar-refractivity contribution >= 4 is 34.5 Å². The van der Waals surface area contributed by atoms with Gasteiger partial charge in [-0.1, -0.05) is 11.6 Å². The van der Waals surface area contributed by atoms with Crippen LogP contribution >= 0.6 is 11.6 Å². The Morgan fingerprint density at radius 3 is 2.89 bits per heavy atom. The van der Waals surface area contributed by atoms with Gasteiger partial charge in [-0.15, -0.1) is 0 Å². The highest BCUT2D eigenvalue weighted by atomic mass is 35.5. The van der Waals surface area contributed by atoms with Crippen LogP contribution in [0.2, 0.25) is 5.02 Å². The van der Waals surface area contributed by atoms with Crippen molar-refractivity contribution in [1.82, 2.24) is 19.4 Å². The number of aromatic nitrogens is 3. The number of nitrogens with two attached hydrogens (primary N) is 1. The first-order valence-corrected chi connectivity index (χ1v) is 5.84. The van der Waals surface area contributed by atoms with E-state index in [2.05, 4.69) is 9.97 Å². The van der Waals surface area contributed by atoms with Gasteiger partial charge in [0.15, 0.2) is 0 Å². The van der Waals surface area contributed by atoms with Crippen LogP contribution in [0, 0.1) is 0 Å². The van der Waals surface area contributed by atoms with Gasteiger partial charge in [0, 0.05) is 33.3 Å². The van der Waals surface area contributed by atoms with E-state index < -0.39 is 0 Å². The number of carbonyl (C=O) groups is 1. The van der Waals surface area contributed by atoms with Gasteiger partial charge in [-0.3, -0.25) is 9.78 Å². The van der Waals surface area contributed by atoms with Gasteiger partial charge >= 0.3 is 0 Å². The molecule has 2 rings (SSSR count). The minimum absolute atomic E-state index is 0.0291. The molecule has 0 aromatic carbocycles. The third kappa shape index (κ3) is 2.24. The summed E-state index contributed by atoms with van der Waals surface area (Å²) in [6.45, 7) is 0.448. The molecule has 0 atom stereocenters. The van der Waals surface area contributed by atoms with Crippen LogP contribution in [0.3, 0.4) is 0 Å². The summed E-state index contributed by atoms with van der Waals surface area (Å²) in [6.07, 6.45) is 3.48. The molecular weight excluding hydrogens is 254 g/mol. The summed E-state index contributed by atoms with van der Waals surface area (Å²) >= 11 is 6.08. The number of amides is 1. The molecule has 2 aromatic heterocycles. The first-order chi connectivity index (χ1) is 8.50. The molecule has 0 aliphatic carbocycles. The molecule has 0 saturated heterocycles. The maximum absolute atomic E-state index is 11.6. The van der Waals surface area contributed by atoms with Crippen LogP contribution in [-0.4, -0.2) is 39.4 Å². The van der Waals surface area contributed by atoms with Gasteiger partial charge in [0.2, 0.25) is 11.9 Å². The van der Waals surface area contributed by atoms with E-state index in [9.17, 15) is 4.79 Å². The first-order valence-electron chi connectivity index (χ1n) is 5.46. The van der Waals surface area contributed by atoms with Crippen molar-refractivity contribution in [3.05, 3.63) is 17.4 Å². The minimum Gasteiger partial charge on any atom is -0.369 e. The molecule has 2 aromatic rings. The lowest BCUT2D eigenvalue weighted by Crippen LogP contribution is -2.23. The lowest BCUT2D eigenvalue weighted by atomic mass is 10.3. The van der Waals surface area contributed by atoms with E-state index in [1.807, 2.05) is 0 Å². The van der Waals surface area contributed by atoms with Gasteiger partial charge in [0.05, 0.1) is 16.7 Å². The smallest absolute Gasteiger partial charge is 0.223 e. The molecule has 96 valence electrons. The third-order valence-corrected chi connectivity index (χ3v) is 2.96. The Balaban J connectivity index is 2.33. The predicted molar refractivity (Wildman–Crippen MR) is 70.3 cm³/mol. The van der Waals surface area contributed by atoms with Gasteiger partial charge in [0.1, 0.15) is 5.52 Å². The van der Waals surface area contributed by atoms with Gasteiger partial charge in [-0.25, -0.2) is 4.98 Å². The highest BCUT2D eigenvalue weighted by Crippen LogP contribution is 2.24. The molecule has 1 amide bonds. The zero-order chi connectivity index (χ0) is 13.3. The average molecular weight is 268 g/mol. The second-order valence-electron chi connectivity index (χ2n) is 4.15. The lowest BCUT2D eigenvalue weighted by Gasteiger charge is -2.11. The van der Waals surface area contributed by atoms with Crippen LogP contribution in [-0.2, 0) is 11.3 Å². The van der Waals surface area contributed by atoms with Gasteiger partial charge < -0.3 is 15.2 Å². The normalized spacial score (nSPS) is 10.8. The molecule has 0 saturated carbocycles. The number of halogens is 1. The van der Waals surface area contributed by atoms with Crippen molar-refractivity contribution < 1.29 is 4.79 Å². The average Bonchev–Trinajstić information content (AvgIpc) is 2.63. The molecule has 0 aliphatic rings. The van der Waals surface area contributed by atoms with Crippen molar-refractivity contribution in [3.63, 3.8) is 0 Å². The van der Waals surface area contributed by atoms with E-state index in [-0.39, 0.29) is 5.91 Å². The van der Waals surface area contributed by atoms with Crippen LogP contribution in [0.5, 0.6) is 0 Å². The largest absolute Gasteiger partial charge is 0.369 e. The molecule has 0 unspecified atom stereocenters. The number of pyridine rings is 1. The second-order valence-corrected chi connectivity index (χ2v) is 4.56. The van der Waals surface area contributed by atoms with Crippen LogP contribution in [0.1, 0.15) is 6.42 Å². The molecule has 6 nitrogen and oxygen atoms in total. The topological polar surface area (TPSA) is 77.0 Å². The highest BCUT2D eigenvalue weighted by Gasteiger charge is 2.13. The molecular formula is C11H14ClN5O. The SMILES string of the molecule is CN(C)C(=O)CCn1c(N)nc2cncc(Cl)c21. The van der Waals surface area contributed by atoms with E-state index in [1.54, 1.807) is 29.8 Å². The molecule has 0 aliphatic heterocycles. The van der Waals surface area contributed by atoms with Crippen LogP contribution in [0.15, 0.2) is 12.4 Å². The summed E-state index contributed by atoms with van der Waals surface area (Å²) in [4.78, 5) is 21.2. The lowest BCUT2D eigenvalue weighted by molar-refractivity contribution is -0.128. The van der Waals surface area contributed by atoms with E-state index in [4.69, 9.17) is 17.3 Å². The third-order valence-electron chi connectivity index (χ3n) is 2.68. The van der Waals surface area contributed by atoms with Crippen molar-refractivity contribution in [2.24, 2.45) is 0 Å². The quantitative estimate of drug-likeness (QED) is 0.905. The van der Waals surface area contributed by atoms with Gasteiger partial charge in [-0.2, -0.15) is 0 Å². The standard InChI is InChI=1S/C11H14ClN5O/c1-16(2)9(18)3-4-17-10-7(12)5-14-6-8(10)15-11(17)13/h5-6H,3-4H2,1-2H3,(H2,13,15). The summed E-state index contributed by atoms with van der Waals surface area (Å²) in [6, 6.07) is 0. The van der Waals surface area contributed by atoms with E-state index >= 15 is 0 Å². The fraction of sp³-hybridized carbons (Fsp3) is 0.364. The number of nitrogen functional groups attached to an aromatic ring is 1. The van der Waals surface area contributed by atoms with Crippen molar-refractivity contribution in [2.75, 3.05) is 19.8 Å². The Kier molecular flexibility index (Phi) is 3.38. The number of aryl methyl sites for hydroxylation is 1. The van der Waals surface area contributed by atoms with Gasteiger partial charge in [0.25, 0.3) is 0 Å². The number of nitrogens with zero attached hydrogens (tertiary/aromatic N) is 4. The maximum Gasteiger partial charge on any atom is 0.223 e. The number of hydrogen-bond donors (Lipinski definition) is 1. The van der Waals surface area contributed by atoms with E-state index in [0.717, 1.165) is 5.52 Å². The number of imidazole rings is 1.